The Morgan fingerprint density at radius 1 is 1.53 bits per heavy atom. The van der Waals surface area contributed by atoms with Crippen molar-refractivity contribution < 1.29 is 9.53 Å². The van der Waals surface area contributed by atoms with Gasteiger partial charge in [-0.2, -0.15) is 0 Å². The molecule has 1 aliphatic rings. The van der Waals surface area contributed by atoms with Crippen molar-refractivity contribution in [3.63, 3.8) is 0 Å². The van der Waals surface area contributed by atoms with E-state index in [9.17, 15) is 4.79 Å². The van der Waals surface area contributed by atoms with E-state index in [0.29, 0.717) is 12.6 Å². The highest BCUT2D eigenvalue weighted by Gasteiger charge is 2.34. The van der Waals surface area contributed by atoms with Crippen LogP contribution in [0.1, 0.15) is 33.6 Å². The molecule has 0 saturated carbocycles. The molecule has 1 atom stereocenters. The first-order valence-electron chi connectivity index (χ1n) is 5.91. The molecule has 1 aliphatic heterocycles. The first kappa shape index (κ1) is 12.7. The van der Waals surface area contributed by atoms with E-state index in [1.807, 2.05) is 0 Å². The Bertz CT molecular complexity index is 198. The summed E-state index contributed by atoms with van der Waals surface area (Å²) >= 11 is 0. The van der Waals surface area contributed by atoms with Gasteiger partial charge in [-0.1, -0.05) is 6.92 Å². The summed E-state index contributed by atoms with van der Waals surface area (Å²) in [5.74, 6) is 0. The van der Waals surface area contributed by atoms with E-state index in [2.05, 4.69) is 25.7 Å². The fourth-order valence-electron chi connectivity index (χ4n) is 2.19. The second kappa shape index (κ2) is 5.61. The van der Waals surface area contributed by atoms with E-state index in [1.54, 1.807) is 0 Å². The molecular weight excluding hydrogens is 190 g/mol. The van der Waals surface area contributed by atoms with Crippen molar-refractivity contribution in [2.24, 2.45) is 5.41 Å². The van der Waals surface area contributed by atoms with E-state index >= 15 is 0 Å². The lowest BCUT2D eigenvalue weighted by atomic mass is 9.83. The van der Waals surface area contributed by atoms with Crippen LogP contribution < -0.4 is 0 Å². The molecule has 1 unspecified atom stereocenters. The fourth-order valence-corrected chi connectivity index (χ4v) is 2.19. The van der Waals surface area contributed by atoms with Gasteiger partial charge in [0.05, 0.1) is 12.0 Å². The van der Waals surface area contributed by atoms with Crippen LogP contribution in [0.2, 0.25) is 0 Å². The number of nitrogens with zero attached hydrogens (tertiary/aromatic N) is 1. The molecule has 0 spiro atoms. The second-order valence-electron chi connectivity index (χ2n) is 4.79. The van der Waals surface area contributed by atoms with Crippen LogP contribution in [0, 0.1) is 5.41 Å². The zero-order valence-electron chi connectivity index (χ0n) is 10.2. The molecule has 15 heavy (non-hydrogen) atoms. The monoisotopic (exact) mass is 213 g/mol. The molecule has 0 N–H and O–H groups in total. The van der Waals surface area contributed by atoms with Gasteiger partial charge >= 0.3 is 0 Å². The molecule has 3 nitrogen and oxygen atoms in total. The maximum atomic E-state index is 11.2. The topological polar surface area (TPSA) is 29.5 Å². The summed E-state index contributed by atoms with van der Waals surface area (Å²) in [6, 6.07) is 0.494. The number of hydrogen-bond donors (Lipinski definition) is 0. The molecule has 0 aromatic heterocycles. The smallest absolute Gasteiger partial charge is 0.129 e. The van der Waals surface area contributed by atoms with E-state index in [-0.39, 0.29) is 5.41 Å². The molecule has 0 bridgehead atoms. The van der Waals surface area contributed by atoms with Crippen molar-refractivity contribution in [2.45, 2.75) is 39.7 Å². The summed E-state index contributed by atoms with van der Waals surface area (Å²) in [5, 5.41) is 0. The Kier molecular flexibility index (Phi) is 4.74. The Morgan fingerprint density at radius 3 is 2.67 bits per heavy atom. The van der Waals surface area contributed by atoms with E-state index in [0.717, 1.165) is 38.8 Å². The van der Waals surface area contributed by atoms with Gasteiger partial charge in [0.25, 0.3) is 0 Å². The minimum Gasteiger partial charge on any atom is -0.380 e. The van der Waals surface area contributed by atoms with Crippen LogP contribution in [-0.2, 0) is 9.53 Å². The third-order valence-corrected chi connectivity index (χ3v) is 3.26. The molecule has 1 saturated heterocycles. The minimum atomic E-state index is -0.251. The molecule has 1 heterocycles. The van der Waals surface area contributed by atoms with Crippen LogP contribution >= 0.6 is 0 Å². The SMILES string of the molecule is CCN(CC1(C=O)CCCOC1)C(C)C. The summed E-state index contributed by atoms with van der Waals surface area (Å²) in [7, 11) is 0. The molecule has 0 aromatic carbocycles. The van der Waals surface area contributed by atoms with Gasteiger partial charge in [0.15, 0.2) is 0 Å². The zero-order chi connectivity index (χ0) is 11.3. The van der Waals surface area contributed by atoms with Crippen LogP contribution in [0.3, 0.4) is 0 Å². The van der Waals surface area contributed by atoms with Gasteiger partial charge in [0, 0.05) is 19.2 Å². The molecule has 0 amide bonds. The molecule has 1 rings (SSSR count). The average Bonchev–Trinajstić information content (AvgIpc) is 2.27. The van der Waals surface area contributed by atoms with Gasteiger partial charge in [0.2, 0.25) is 0 Å². The lowest BCUT2D eigenvalue weighted by molar-refractivity contribution is -0.126. The van der Waals surface area contributed by atoms with Crippen LogP contribution in [0.4, 0.5) is 0 Å². The second-order valence-corrected chi connectivity index (χ2v) is 4.79. The molecular formula is C12H23NO2. The number of rotatable bonds is 5. The van der Waals surface area contributed by atoms with Crippen molar-refractivity contribution in [3.8, 4) is 0 Å². The number of aldehydes is 1. The quantitative estimate of drug-likeness (QED) is 0.651. The van der Waals surface area contributed by atoms with Crippen molar-refractivity contribution >= 4 is 6.29 Å². The summed E-state index contributed by atoms with van der Waals surface area (Å²) in [6.45, 7) is 9.72. The fraction of sp³-hybridized carbons (Fsp3) is 0.917. The van der Waals surface area contributed by atoms with Gasteiger partial charge in [-0.15, -0.1) is 0 Å². The van der Waals surface area contributed by atoms with Crippen LogP contribution in [-0.4, -0.2) is 43.5 Å². The molecule has 3 heteroatoms. The van der Waals surface area contributed by atoms with Gasteiger partial charge in [-0.3, -0.25) is 0 Å². The zero-order valence-corrected chi connectivity index (χ0v) is 10.2. The Labute approximate surface area is 92.8 Å². The molecule has 0 aromatic rings. The third kappa shape index (κ3) is 3.28. The number of carbonyl (C=O) groups is 1. The predicted molar refractivity (Wildman–Crippen MR) is 60.9 cm³/mol. The molecule has 0 radical (unpaired) electrons. The summed E-state index contributed by atoms with van der Waals surface area (Å²) in [5.41, 5.74) is -0.251. The molecule has 1 fully saturated rings. The minimum absolute atomic E-state index is 0.251. The Morgan fingerprint density at radius 2 is 2.27 bits per heavy atom. The van der Waals surface area contributed by atoms with Crippen LogP contribution in [0.5, 0.6) is 0 Å². The highest BCUT2D eigenvalue weighted by atomic mass is 16.5. The third-order valence-electron chi connectivity index (χ3n) is 3.26. The summed E-state index contributed by atoms with van der Waals surface area (Å²) < 4.78 is 5.44. The number of carbonyl (C=O) groups excluding carboxylic acids is 1. The van der Waals surface area contributed by atoms with Gasteiger partial charge in [0.1, 0.15) is 6.29 Å². The van der Waals surface area contributed by atoms with Crippen LogP contribution in [0.15, 0.2) is 0 Å². The average molecular weight is 213 g/mol. The highest BCUT2D eigenvalue weighted by molar-refractivity contribution is 5.60. The largest absolute Gasteiger partial charge is 0.380 e. The van der Waals surface area contributed by atoms with Gasteiger partial charge in [-0.25, -0.2) is 0 Å². The van der Waals surface area contributed by atoms with E-state index < -0.39 is 0 Å². The van der Waals surface area contributed by atoms with Gasteiger partial charge < -0.3 is 14.4 Å². The summed E-state index contributed by atoms with van der Waals surface area (Å²) in [6.07, 6.45) is 3.09. The first-order chi connectivity index (χ1) is 7.13. The molecule has 0 aliphatic carbocycles. The van der Waals surface area contributed by atoms with E-state index in [4.69, 9.17) is 4.74 Å². The van der Waals surface area contributed by atoms with E-state index in [1.165, 1.54) is 0 Å². The van der Waals surface area contributed by atoms with Gasteiger partial charge in [-0.05, 0) is 33.2 Å². The standard InChI is InChI=1S/C12H23NO2/c1-4-13(11(2)3)8-12(9-14)6-5-7-15-10-12/h9,11H,4-8,10H2,1-3H3. The van der Waals surface area contributed by atoms with Crippen molar-refractivity contribution in [1.82, 2.24) is 4.90 Å². The summed E-state index contributed by atoms with van der Waals surface area (Å²) in [4.78, 5) is 13.6. The lowest BCUT2D eigenvalue weighted by Gasteiger charge is -2.38. The lowest BCUT2D eigenvalue weighted by Crippen LogP contribution is -2.46. The predicted octanol–water partition coefficient (Wildman–Crippen LogP) is 1.71. The van der Waals surface area contributed by atoms with Crippen LogP contribution in [0.25, 0.3) is 0 Å². The van der Waals surface area contributed by atoms with Crippen molar-refractivity contribution in [2.75, 3.05) is 26.3 Å². The first-order valence-corrected chi connectivity index (χ1v) is 5.91. The number of ether oxygens (including phenoxy) is 1. The van der Waals surface area contributed by atoms with Crippen molar-refractivity contribution in [3.05, 3.63) is 0 Å². The Balaban J connectivity index is 2.61. The highest BCUT2D eigenvalue weighted by Crippen LogP contribution is 2.27. The maximum Gasteiger partial charge on any atom is 0.129 e. The number of hydrogen-bond acceptors (Lipinski definition) is 3. The molecule has 88 valence electrons. The Hall–Kier alpha value is -0.410. The normalized spacial score (nSPS) is 27.3. The maximum absolute atomic E-state index is 11.2. The van der Waals surface area contributed by atoms with Crippen molar-refractivity contribution in [1.29, 1.82) is 0 Å².